The summed E-state index contributed by atoms with van der Waals surface area (Å²) in [7, 11) is -3.55. The number of nitrogens with one attached hydrogen (secondary N) is 1. The highest BCUT2D eigenvalue weighted by molar-refractivity contribution is 7.91. The fourth-order valence-corrected chi connectivity index (χ4v) is 3.18. The maximum atomic E-state index is 12.1. The van der Waals surface area contributed by atoms with E-state index in [1.807, 2.05) is 0 Å². The Kier molecular flexibility index (Phi) is 5.26. The number of aliphatic carboxylic acids is 1. The summed E-state index contributed by atoms with van der Waals surface area (Å²) in [6.07, 6.45) is 0.434. The van der Waals surface area contributed by atoms with E-state index in [2.05, 4.69) is 5.32 Å². The molecule has 6 nitrogen and oxygen atoms in total. The van der Waals surface area contributed by atoms with Crippen LogP contribution in [0.25, 0.3) is 0 Å². The third-order valence-corrected chi connectivity index (χ3v) is 4.63. The molecule has 2 N–H and O–H groups in total. The van der Waals surface area contributed by atoms with E-state index in [0.29, 0.717) is 6.42 Å². The molecule has 0 fully saturated rings. The second kappa shape index (κ2) is 6.51. The van der Waals surface area contributed by atoms with Crippen molar-refractivity contribution in [1.82, 2.24) is 5.32 Å². The van der Waals surface area contributed by atoms with Crippen LogP contribution in [-0.2, 0) is 14.6 Å². The molecule has 20 heavy (non-hydrogen) atoms. The van der Waals surface area contributed by atoms with Gasteiger partial charge in [0.15, 0.2) is 9.84 Å². The van der Waals surface area contributed by atoms with Crippen LogP contribution in [0.4, 0.5) is 0 Å². The number of hydrogen-bond acceptors (Lipinski definition) is 4. The predicted molar refractivity (Wildman–Crippen MR) is 73.3 cm³/mol. The number of carboxylic acids is 1. The molecule has 7 heteroatoms. The van der Waals surface area contributed by atoms with Crippen molar-refractivity contribution < 1.29 is 23.1 Å². The molecule has 1 atom stereocenters. The smallest absolute Gasteiger partial charge is 0.325 e. The Hall–Kier alpha value is -1.89. The van der Waals surface area contributed by atoms with Crippen LogP contribution in [0.3, 0.4) is 0 Å². The maximum Gasteiger partial charge on any atom is 0.325 e. The van der Waals surface area contributed by atoms with Crippen molar-refractivity contribution in [3.63, 3.8) is 0 Å². The Balaban J connectivity index is 3.14. The molecule has 1 aromatic rings. The minimum atomic E-state index is -3.55. The molecule has 1 amide bonds. The van der Waals surface area contributed by atoms with Gasteiger partial charge in [0.2, 0.25) is 0 Å². The molecule has 0 bridgehead atoms. The molecule has 110 valence electrons. The van der Waals surface area contributed by atoms with Crippen LogP contribution in [0.1, 0.15) is 30.6 Å². The number of carbonyl (C=O) groups is 2. The number of carbonyl (C=O) groups excluding carboxylic acids is 1. The molecule has 1 rings (SSSR count). The normalized spacial score (nSPS) is 12.7. The van der Waals surface area contributed by atoms with Gasteiger partial charge in [-0.1, -0.05) is 19.1 Å². The molecule has 0 unspecified atom stereocenters. The number of rotatable bonds is 6. The second-order valence-electron chi connectivity index (χ2n) is 4.35. The standard InChI is InChI=1S/C13H17NO5S/c1-3-8-20(18,19)11-7-5-4-6-10(11)12(15)14-9(2)13(16)17/h4-7,9H,3,8H2,1-2H3,(H,14,15)(H,16,17)/t9-/m0/s1. The van der Waals surface area contributed by atoms with Crippen LogP contribution in [0.15, 0.2) is 29.2 Å². The quantitative estimate of drug-likeness (QED) is 0.818. The maximum absolute atomic E-state index is 12.1. The lowest BCUT2D eigenvalue weighted by molar-refractivity contribution is -0.138. The van der Waals surface area contributed by atoms with Gasteiger partial charge < -0.3 is 10.4 Å². The van der Waals surface area contributed by atoms with Crippen molar-refractivity contribution in [2.45, 2.75) is 31.2 Å². The van der Waals surface area contributed by atoms with Crippen LogP contribution in [-0.4, -0.2) is 37.2 Å². The van der Waals surface area contributed by atoms with E-state index in [1.165, 1.54) is 31.2 Å². The number of amides is 1. The Bertz CT molecular complexity index is 609. The molecule has 0 spiro atoms. The lowest BCUT2D eigenvalue weighted by Gasteiger charge is -2.12. The van der Waals surface area contributed by atoms with E-state index in [9.17, 15) is 18.0 Å². The molecular weight excluding hydrogens is 282 g/mol. The molecule has 0 aliphatic heterocycles. The van der Waals surface area contributed by atoms with Crippen LogP contribution in [0, 0.1) is 0 Å². The third kappa shape index (κ3) is 3.80. The Morgan fingerprint density at radius 1 is 1.30 bits per heavy atom. The van der Waals surface area contributed by atoms with E-state index < -0.39 is 27.8 Å². The van der Waals surface area contributed by atoms with Crippen molar-refractivity contribution >= 4 is 21.7 Å². The SMILES string of the molecule is CCCS(=O)(=O)c1ccccc1C(=O)N[C@@H](C)C(=O)O. The largest absolute Gasteiger partial charge is 0.480 e. The van der Waals surface area contributed by atoms with Crippen LogP contribution >= 0.6 is 0 Å². The van der Waals surface area contributed by atoms with Crippen molar-refractivity contribution in [2.75, 3.05) is 5.75 Å². The summed E-state index contributed by atoms with van der Waals surface area (Å²) in [5.74, 6) is -1.96. The zero-order valence-corrected chi connectivity index (χ0v) is 12.1. The van der Waals surface area contributed by atoms with Gasteiger partial charge in [0.1, 0.15) is 6.04 Å². The summed E-state index contributed by atoms with van der Waals surface area (Å²) in [4.78, 5) is 22.6. The van der Waals surface area contributed by atoms with Crippen molar-refractivity contribution in [3.8, 4) is 0 Å². The molecule has 0 saturated heterocycles. The minimum Gasteiger partial charge on any atom is -0.480 e. The minimum absolute atomic E-state index is 0.0333. The van der Waals surface area contributed by atoms with E-state index in [1.54, 1.807) is 6.92 Å². The van der Waals surface area contributed by atoms with Gasteiger partial charge >= 0.3 is 5.97 Å². The van der Waals surface area contributed by atoms with Crippen molar-refractivity contribution in [1.29, 1.82) is 0 Å². The van der Waals surface area contributed by atoms with E-state index in [4.69, 9.17) is 5.11 Å². The topological polar surface area (TPSA) is 101 Å². The van der Waals surface area contributed by atoms with E-state index in [0.717, 1.165) is 0 Å². The average molecular weight is 299 g/mol. The van der Waals surface area contributed by atoms with Gasteiger partial charge in [-0.05, 0) is 25.5 Å². The second-order valence-corrected chi connectivity index (χ2v) is 6.43. The first-order valence-corrected chi connectivity index (χ1v) is 7.80. The predicted octanol–water partition coefficient (Wildman–Crippen LogP) is 1.07. The summed E-state index contributed by atoms with van der Waals surface area (Å²) in [5, 5.41) is 11.0. The first-order chi connectivity index (χ1) is 9.29. The molecule has 0 saturated carbocycles. The molecule has 0 aliphatic rings. The van der Waals surface area contributed by atoms with Crippen LogP contribution in [0.5, 0.6) is 0 Å². The third-order valence-electron chi connectivity index (χ3n) is 2.66. The highest BCUT2D eigenvalue weighted by Crippen LogP contribution is 2.18. The van der Waals surface area contributed by atoms with Gasteiger partial charge in [-0.15, -0.1) is 0 Å². The number of benzene rings is 1. The highest BCUT2D eigenvalue weighted by atomic mass is 32.2. The fourth-order valence-electron chi connectivity index (χ4n) is 1.64. The Morgan fingerprint density at radius 3 is 2.45 bits per heavy atom. The number of hydrogen-bond donors (Lipinski definition) is 2. The molecule has 0 aliphatic carbocycles. The summed E-state index contributed by atoms with van der Waals surface area (Å²) in [6.45, 7) is 3.04. The van der Waals surface area contributed by atoms with Gasteiger partial charge in [-0.2, -0.15) is 0 Å². The molecular formula is C13H17NO5S. The fraction of sp³-hybridized carbons (Fsp3) is 0.385. The first kappa shape index (κ1) is 16.2. The molecule has 0 aromatic heterocycles. The van der Waals surface area contributed by atoms with Gasteiger partial charge in [-0.3, -0.25) is 9.59 Å². The lowest BCUT2D eigenvalue weighted by atomic mass is 10.2. The Morgan fingerprint density at radius 2 is 1.90 bits per heavy atom. The summed E-state index contributed by atoms with van der Waals surface area (Å²) >= 11 is 0. The van der Waals surface area contributed by atoms with Crippen molar-refractivity contribution in [3.05, 3.63) is 29.8 Å². The highest BCUT2D eigenvalue weighted by Gasteiger charge is 2.23. The van der Waals surface area contributed by atoms with Crippen molar-refractivity contribution in [2.24, 2.45) is 0 Å². The zero-order valence-electron chi connectivity index (χ0n) is 11.3. The Labute approximate surface area is 117 Å². The molecule has 0 heterocycles. The van der Waals surface area contributed by atoms with Crippen LogP contribution < -0.4 is 5.32 Å². The molecule has 0 radical (unpaired) electrons. The van der Waals surface area contributed by atoms with E-state index >= 15 is 0 Å². The van der Waals surface area contributed by atoms with E-state index in [-0.39, 0.29) is 16.2 Å². The number of sulfone groups is 1. The summed E-state index contributed by atoms with van der Waals surface area (Å²) in [5.41, 5.74) is -0.0333. The van der Waals surface area contributed by atoms with Gasteiger partial charge in [0.25, 0.3) is 5.91 Å². The van der Waals surface area contributed by atoms with Gasteiger partial charge in [-0.25, -0.2) is 8.42 Å². The first-order valence-electron chi connectivity index (χ1n) is 6.15. The zero-order chi connectivity index (χ0) is 15.3. The lowest BCUT2D eigenvalue weighted by Crippen LogP contribution is -2.38. The van der Waals surface area contributed by atoms with Crippen LogP contribution in [0.2, 0.25) is 0 Å². The average Bonchev–Trinajstić information content (AvgIpc) is 2.38. The summed E-state index contributed by atoms with van der Waals surface area (Å²) < 4.78 is 24.2. The molecule has 1 aromatic carbocycles. The van der Waals surface area contributed by atoms with Gasteiger partial charge in [0.05, 0.1) is 16.2 Å². The monoisotopic (exact) mass is 299 g/mol. The van der Waals surface area contributed by atoms with Gasteiger partial charge in [0, 0.05) is 0 Å². The number of carboxylic acid groups (broad SMARTS) is 1. The summed E-state index contributed by atoms with van der Waals surface area (Å²) in [6, 6.07) is 4.69.